The lowest BCUT2D eigenvalue weighted by Gasteiger charge is -2.22. The maximum Gasteiger partial charge on any atom is 0.137 e. The molecule has 5 rings (SSSR count). The molecule has 0 atom stereocenters. The Bertz CT molecular complexity index is 1090. The summed E-state index contributed by atoms with van der Waals surface area (Å²) in [6, 6.07) is 22.3. The zero-order valence-electron chi connectivity index (χ0n) is 20.2. The molecule has 3 aromatic rings. The number of allylic oxidation sites excluding steroid dienone is 1. The summed E-state index contributed by atoms with van der Waals surface area (Å²) >= 11 is 3.83. The molecule has 1 saturated heterocycles. The van der Waals surface area contributed by atoms with Crippen LogP contribution in [0.25, 0.3) is 11.1 Å². The van der Waals surface area contributed by atoms with Gasteiger partial charge in [0.25, 0.3) is 0 Å². The van der Waals surface area contributed by atoms with Crippen LogP contribution in [-0.4, -0.2) is 48.9 Å². The molecule has 2 heterocycles. The van der Waals surface area contributed by atoms with Crippen molar-refractivity contribution in [2.24, 2.45) is 0 Å². The maximum atomic E-state index is 9.46. The van der Waals surface area contributed by atoms with Gasteiger partial charge in [-0.15, -0.1) is 0 Å². The first kappa shape index (κ1) is 26.3. The number of benzene rings is 3. The highest BCUT2D eigenvalue weighted by Crippen LogP contribution is 2.38. The van der Waals surface area contributed by atoms with Crippen molar-refractivity contribution in [1.82, 2.24) is 0 Å². The van der Waals surface area contributed by atoms with Crippen molar-refractivity contribution in [2.45, 2.75) is 19.8 Å². The molecule has 0 aliphatic carbocycles. The molecule has 0 aromatic heterocycles. The number of phenols is 2. The van der Waals surface area contributed by atoms with E-state index in [1.807, 2.05) is 55.5 Å². The van der Waals surface area contributed by atoms with Gasteiger partial charge in [-0.05, 0) is 60.3 Å². The van der Waals surface area contributed by atoms with E-state index in [2.05, 4.69) is 18.1 Å². The zero-order chi connectivity index (χ0) is 25.0. The fourth-order valence-electron chi connectivity index (χ4n) is 4.28. The van der Waals surface area contributed by atoms with Crippen LogP contribution in [0.1, 0.15) is 30.9 Å². The van der Waals surface area contributed by atoms with Crippen LogP contribution in [0.15, 0.2) is 72.8 Å². The Morgan fingerprint density at radius 2 is 1.57 bits per heavy atom. The summed E-state index contributed by atoms with van der Waals surface area (Å²) in [7, 11) is 0. The maximum absolute atomic E-state index is 9.46. The monoisotopic (exact) mass is 492 g/mol. The molecule has 0 spiro atoms. The van der Waals surface area contributed by atoms with Gasteiger partial charge >= 0.3 is 0 Å². The molecule has 5 nitrogen and oxygen atoms in total. The Morgan fingerprint density at radius 1 is 0.914 bits per heavy atom. The van der Waals surface area contributed by atoms with Crippen LogP contribution in [0.3, 0.4) is 0 Å². The van der Waals surface area contributed by atoms with Crippen LogP contribution >= 0.6 is 12.2 Å². The lowest BCUT2D eigenvalue weighted by molar-refractivity contribution is -0.887. The van der Waals surface area contributed by atoms with Crippen molar-refractivity contribution in [3.05, 3.63) is 83.9 Å². The van der Waals surface area contributed by atoms with Gasteiger partial charge in [0.05, 0.1) is 13.1 Å². The number of rotatable bonds is 5. The molecule has 0 amide bonds. The van der Waals surface area contributed by atoms with Crippen molar-refractivity contribution >= 4 is 29.2 Å². The van der Waals surface area contributed by atoms with Crippen molar-refractivity contribution in [1.29, 1.82) is 0 Å². The van der Waals surface area contributed by atoms with Gasteiger partial charge in [0, 0.05) is 30.0 Å². The van der Waals surface area contributed by atoms with Gasteiger partial charge in [-0.2, -0.15) is 0 Å². The first-order valence-electron chi connectivity index (χ1n) is 11.9. The molecule has 3 N–H and O–H groups in total. The minimum absolute atomic E-state index is 0.208. The number of likely N-dealkylation sites (tertiary alicyclic amines) is 1. The highest BCUT2D eigenvalue weighted by atomic mass is 32.1. The Labute approximate surface area is 213 Å². The SMILES string of the molecule is C=S.CC1=C(c2ccc(O)cc2)COc2cc(O)ccc21.c1ccc(OCC[NH+]2CCCC2)cc1. The number of hydrogen-bond donors (Lipinski definition) is 3. The summed E-state index contributed by atoms with van der Waals surface area (Å²) in [6.45, 7) is 7.16. The summed E-state index contributed by atoms with van der Waals surface area (Å²) in [5, 5.41) is 18.8. The predicted octanol–water partition coefficient (Wildman–Crippen LogP) is 4.78. The van der Waals surface area contributed by atoms with E-state index in [1.54, 1.807) is 29.2 Å². The predicted molar refractivity (Wildman–Crippen MR) is 146 cm³/mol. The van der Waals surface area contributed by atoms with Crippen LogP contribution in [-0.2, 0) is 0 Å². The highest BCUT2D eigenvalue weighted by Gasteiger charge is 2.18. The Kier molecular flexibility index (Phi) is 10.1. The number of aromatic hydroxyl groups is 2. The Morgan fingerprint density at radius 3 is 2.26 bits per heavy atom. The van der Waals surface area contributed by atoms with E-state index in [0.29, 0.717) is 12.4 Å². The second kappa shape index (κ2) is 13.5. The third-order valence-corrected chi connectivity index (χ3v) is 6.19. The van der Waals surface area contributed by atoms with Crippen LogP contribution in [0.5, 0.6) is 23.0 Å². The number of quaternary nitrogens is 1. The van der Waals surface area contributed by atoms with Gasteiger partial charge in [0.1, 0.15) is 42.8 Å². The highest BCUT2D eigenvalue weighted by molar-refractivity contribution is 7.77. The van der Waals surface area contributed by atoms with Crippen LogP contribution in [0, 0.1) is 0 Å². The number of para-hydroxylation sites is 1. The van der Waals surface area contributed by atoms with Crippen LogP contribution in [0.4, 0.5) is 0 Å². The molecular weight excluding hydrogens is 458 g/mol. The standard InChI is InChI=1S/C16H14O3.C12H17NO.CH2S/c1-10-14-7-6-13(18)8-16(14)19-9-15(10)11-2-4-12(17)5-3-11;1-2-6-12(7-3-1)14-11-10-13-8-4-5-9-13;1-2/h2-8,17-18H,9H2,1H3;1-3,6-7H,4-5,8-11H2;1H2/p+1. The van der Waals surface area contributed by atoms with E-state index in [1.165, 1.54) is 25.9 Å². The number of hydrogen-bond acceptors (Lipinski definition) is 5. The number of phenolic OH excluding ortho intramolecular Hbond substituents is 2. The molecule has 2 aliphatic rings. The van der Waals surface area contributed by atoms with E-state index >= 15 is 0 Å². The van der Waals surface area contributed by atoms with Crippen molar-refractivity contribution in [3.63, 3.8) is 0 Å². The molecule has 1 fully saturated rings. The van der Waals surface area contributed by atoms with E-state index < -0.39 is 0 Å². The average molecular weight is 493 g/mol. The van der Waals surface area contributed by atoms with Gasteiger partial charge in [-0.1, -0.05) is 42.5 Å². The molecule has 3 aromatic carbocycles. The van der Waals surface area contributed by atoms with Gasteiger partial charge < -0.3 is 24.6 Å². The van der Waals surface area contributed by atoms with E-state index in [-0.39, 0.29) is 11.5 Å². The molecule has 184 valence electrons. The molecule has 35 heavy (non-hydrogen) atoms. The zero-order valence-corrected chi connectivity index (χ0v) is 21.0. The molecule has 0 saturated carbocycles. The van der Waals surface area contributed by atoms with Crippen LogP contribution < -0.4 is 14.4 Å². The lowest BCUT2D eigenvalue weighted by Crippen LogP contribution is -3.10. The summed E-state index contributed by atoms with van der Waals surface area (Å²) < 4.78 is 11.3. The smallest absolute Gasteiger partial charge is 0.137 e. The molecular formula is C29H34NO4S+. The summed E-state index contributed by atoms with van der Waals surface area (Å²) in [5.41, 5.74) is 4.26. The van der Waals surface area contributed by atoms with Crippen molar-refractivity contribution in [2.75, 3.05) is 32.8 Å². The average Bonchev–Trinajstić information content (AvgIpc) is 3.41. The third-order valence-electron chi connectivity index (χ3n) is 6.19. The summed E-state index contributed by atoms with van der Waals surface area (Å²) in [5.74, 6) is 5.00. The Balaban J connectivity index is 0.000000190. The van der Waals surface area contributed by atoms with Crippen molar-refractivity contribution < 1.29 is 24.6 Å². The third kappa shape index (κ3) is 7.57. The number of ether oxygens (including phenoxy) is 2. The number of nitrogens with one attached hydrogen (secondary N) is 1. The second-order valence-electron chi connectivity index (χ2n) is 8.49. The molecule has 6 heteroatoms. The van der Waals surface area contributed by atoms with E-state index in [4.69, 9.17) is 9.47 Å². The number of thiocarbonyl (C=S) groups is 1. The van der Waals surface area contributed by atoms with Crippen molar-refractivity contribution in [3.8, 4) is 23.0 Å². The minimum atomic E-state index is 0.208. The molecule has 0 bridgehead atoms. The van der Waals surface area contributed by atoms with Gasteiger partial charge in [0.2, 0.25) is 0 Å². The Hall–Kier alpha value is -3.35. The van der Waals surface area contributed by atoms with Gasteiger partial charge in [-0.25, -0.2) is 0 Å². The minimum Gasteiger partial charge on any atom is -0.508 e. The van der Waals surface area contributed by atoms with Gasteiger partial charge in [-0.3, -0.25) is 0 Å². The first-order chi connectivity index (χ1) is 17.1. The van der Waals surface area contributed by atoms with Gasteiger partial charge in [0.15, 0.2) is 0 Å². The second-order valence-corrected chi connectivity index (χ2v) is 8.49. The first-order valence-corrected chi connectivity index (χ1v) is 12.4. The largest absolute Gasteiger partial charge is 0.508 e. The number of fused-ring (bicyclic) bond motifs is 1. The lowest BCUT2D eigenvalue weighted by atomic mass is 9.93. The summed E-state index contributed by atoms with van der Waals surface area (Å²) in [4.78, 5) is 1.70. The molecule has 0 radical (unpaired) electrons. The topological polar surface area (TPSA) is 63.4 Å². The normalized spacial score (nSPS) is 14.5. The quantitative estimate of drug-likeness (QED) is 0.448. The molecule has 2 aliphatic heterocycles. The fourth-order valence-corrected chi connectivity index (χ4v) is 4.28. The van der Waals surface area contributed by atoms with Crippen LogP contribution in [0.2, 0.25) is 0 Å². The molecule has 0 unspecified atom stereocenters. The fraction of sp³-hybridized carbons (Fsp3) is 0.276. The van der Waals surface area contributed by atoms with E-state index in [9.17, 15) is 10.2 Å². The van der Waals surface area contributed by atoms with E-state index in [0.717, 1.165) is 41.2 Å². The summed E-state index contributed by atoms with van der Waals surface area (Å²) in [6.07, 6.45) is 2.78.